The van der Waals surface area contributed by atoms with Crippen molar-refractivity contribution in [1.82, 2.24) is 4.72 Å². The third-order valence-corrected chi connectivity index (χ3v) is 5.57. The van der Waals surface area contributed by atoms with Crippen LogP contribution in [0.4, 0.5) is 5.69 Å². The summed E-state index contributed by atoms with van der Waals surface area (Å²) in [5.41, 5.74) is 3.11. The number of hydrogen-bond donors (Lipinski definition) is 2. The van der Waals surface area contributed by atoms with E-state index in [4.69, 9.17) is 0 Å². The van der Waals surface area contributed by atoms with Crippen LogP contribution in [0.1, 0.15) is 34.3 Å². The van der Waals surface area contributed by atoms with Crippen molar-refractivity contribution in [2.75, 3.05) is 11.9 Å². The predicted molar refractivity (Wildman–Crippen MR) is 98.2 cm³/mol. The molecule has 1 saturated carbocycles. The lowest BCUT2D eigenvalue weighted by Gasteiger charge is -2.10. The predicted octanol–water partition coefficient (Wildman–Crippen LogP) is 3.24. The molecule has 0 aromatic heterocycles. The lowest BCUT2D eigenvalue weighted by molar-refractivity contribution is 0.102. The van der Waals surface area contributed by atoms with Gasteiger partial charge >= 0.3 is 0 Å². The van der Waals surface area contributed by atoms with Crippen molar-refractivity contribution < 1.29 is 13.2 Å². The second-order valence-electron chi connectivity index (χ2n) is 6.65. The number of anilines is 1. The molecule has 3 rings (SSSR count). The quantitative estimate of drug-likeness (QED) is 0.832. The van der Waals surface area contributed by atoms with Crippen LogP contribution in [-0.4, -0.2) is 20.9 Å². The van der Waals surface area contributed by atoms with Gasteiger partial charge in [0.1, 0.15) is 0 Å². The van der Waals surface area contributed by atoms with Gasteiger partial charge in [-0.25, -0.2) is 13.1 Å². The average molecular weight is 358 g/mol. The summed E-state index contributed by atoms with van der Waals surface area (Å²) < 4.78 is 27.3. The first-order valence-electron chi connectivity index (χ1n) is 8.33. The number of rotatable bonds is 6. The van der Waals surface area contributed by atoms with Gasteiger partial charge in [0.15, 0.2) is 0 Å². The molecule has 25 heavy (non-hydrogen) atoms. The topological polar surface area (TPSA) is 75.3 Å². The molecule has 2 N–H and O–H groups in total. The summed E-state index contributed by atoms with van der Waals surface area (Å²) in [5.74, 6) is 0.120. The minimum absolute atomic E-state index is 0.112. The first kappa shape index (κ1) is 17.6. The van der Waals surface area contributed by atoms with E-state index in [-0.39, 0.29) is 10.8 Å². The first-order valence-corrected chi connectivity index (χ1v) is 9.81. The molecular formula is C19H22N2O3S. The molecular weight excluding hydrogens is 336 g/mol. The fourth-order valence-corrected chi connectivity index (χ4v) is 3.85. The van der Waals surface area contributed by atoms with Crippen LogP contribution in [-0.2, 0) is 10.0 Å². The van der Waals surface area contributed by atoms with E-state index in [2.05, 4.69) is 10.0 Å². The van der Waals surface area contributed by atoms with E-state index in [1.54, 1.807) is 12.1 Å². The molecule has 0 unspecified atom stereocenters. The van der Waals surface area contributed by atoms with Crippen molar-refractivity contribution in [3.63, 3.8) is 0 Å². The van der Waals surface area contributed by atoms with Gasteiger partial charge in [-0.3, -0.25) is 4.79 Å². The van der Waals surface area contributed by atoms with Gasteiger partial charge in [0.2, 0.25) is 10.0 Å². The van der Waals surface area contributed by atoms with Crippen LogP contribution in [0.15, 0.2) is 47.4 Å². The number of carbonyl (C=O) groups excluding carboxylic acids is 1. The zero-order valence-corrected chi connectivity index (χ0v) is 15.2. The van der Waals surface area contributed by atoms with E-state index in [1.165, 1.54) is 12.1 Å². The van der Waals surface area contributed by atoms with Crippen LogP contribution < -0.4 is 10.0 Å². The highest BCUT2D eigenvalue weighted by Gasteiger charge is 2.24. The Morgan fingerprint density at radius 3 is 2.40 bits per heavy atom. The molecule has 2 aromatic carbocycles. The molecule has 1 amide bonds. The average Bonchev–Trinajstić information content (AvgIpc) is 3.36. The molecule has 6 heteroatoms. The Labute approximate surface area is 148 Å². The Kier molecular flexibility index (Phi) is 4.92. The summed E-state index contributed by atoms with van der Waals surface area (Å²) in [6.07, 6.45) is 2.14. The van der Waals surface area contributed by atoms with E-state index in [0.717, 1.165) is 24.0 Å². The number of carbonyl (C=O) groups is 1. The number of nitrogens with one attached hydrogen (secondary N) is 2. The van der Waals surface area contributed by atoms with Gasteiger partial charge in [-0.1, -0.05) is 12.1 Å². The second kappa shape index (κ2) is 6.98. The maximum Gasteiger partial charge on any atom is 0.255 e. The first-order chi connectivity index (χ1) is 11.8. The number of benzene rings is 2. The monoisotopic (exact) mass is 358 g/mol. The maximum absolute atomic E-state index is 12.5. The summed E-state index contributed by atoms with van der Waals surface area (Å²) in [5, 5.41) is 2.82. The fraction of sp³-hybridized carbons (Fsp3) is 0.316. The molecule has 0 spiro atoms. The van der Waals surface area contributed by atoms with Gasteiger partial charge in [-0.15, -0.1) is 0 Å². The molecule has 0 bridgehead atoms. The molecule has 0 saturated heterocycles. The lowest BCUT2D eigenvalue weighted by Crippen LogP contribution is -2.26. The number of hydrogen-bond acceptors (Lipinski definition) is 3. The molecule has 1 fully saturated rings. The van der Waals surface area contributed by atoms with Crippen LogP contribution >= 0.6 is 0 Å². The maximum atomic E-state index is 12.5. The summed E-state index contributed by atoms with van der Waals surface area (Å²) >= 11 is 0. The lowest BCUT2D eigenvalue weighted by atomic mass is 10.1. The summed E-state index contributed by atoms with van der Waals surface area (Å²) in [4.78, 5) is 12.6. The normalized spacial score (nSPS) is 14.3. The van der Waals surface area contributed by atoms with Gasteiger partial charge in [0, 0.05) is 17.8 Å². The Morgan fingerprint density at radius 2 is 1.76 bits per heavy atom. The van der Waals surface area contributed by atoms with E-state index < -0.39 is 10.0 Å². The summed E-state index contributed by atoms with van der Waals surface area (Å²) in [7, 11) is -3.59. The van der Waals surface area contributed by atoms with Crippen molar-refractivity contribution in [2.24, 2.45) is 5.92 Å². The Morgan fingerprint density at radius 1 is 1.08 bits per heavy atom. The molecule has 1 aliphatic rings. The van der Waals surface area contributed by atoms with Crippen LogP contribution in [0, 0.1) is 19.8 Å². The van der Waals surface area contributed by atoms with Gasteiger partial charge in [0.25, 0.3) is 5.91 Å². The Balaban J connectivity index is 1.76. The van der Waals surface area contributed by atoms with Gasteiger partial charge < -0.3 is 5.32 Å². The Bertz CT molecular complexity index is 882. The summed E-state index contributed by atoms with van der Waals surface area (Å²) in [6.45, 7) is 4.38. The Hall–Kier alpha value is -2.18. The van der Waals surface area contributed by atoms with Gasteiger partial charge in [0.05, 0.1) is 4.90 Å². The van der Waals surface area contributed by atoms with E-state index >= 15 is 0 Å². The number of amides is 1. The number of sulfonamides is 1. The van der Waals surface area contributed by atoms with Crippen molar-refractivity contribution >= 4 is 21.6 Å². The van der Waals surface area contributed by atoms with Crippen LogP contribution in [0.2, 0.25) is 0 Å². The number of aryl methyl sites for hydroxylation is 2. The summed E-state index contributed by atoms with van der Waals surface area (Å²) in [6, 6.07) is 11.9. The third kappa shape index (κ3) is 4.67. The highest BCUT2D eigenvalue weighted by molar-refractivity contribution is 7.89. The third-order valence-electron chi connectivity index (χ3n) is 4.15. The van der Waals surface area contributed by atoms with Crippen molar-refractivity contribution in [1.29, 1.82) is 0 Å². The highest BCUT2D eigenvalue weighted by Crippen LogP contribution is 2.28. The van der Waals surface area contributed by atoms with Gasteiger partial charge in [-0.05, 0) is 74.1 Å². The van der Waals surface area contributed by atoms with Crippen LogP contribution in [0.25, 0.3) is 0 Å². The van der Waals surface area contributed by atoms with Crippen molar-refractivity contribution in [3.05, 3.63) is 59.2 Å². The van der Waals surface area contributed by atoms with Gasteiger partial charge in [-0.2, -0.15) is 0 Å². The van der Waals surface area contributed by atoms with E-state index in [0.29, 0.717) is 23.7 Å². The SMILES string of the molecule is Cc1cc(C)cc(NC(=O)c2cccc(S(=O)(=O)NCC3CC3)c2)c1. The van der Waals surface area contributed by atoms with E-state index in [9.17, 15) is 13.2 Å². The zero-order chi connectivity index (χ0) is 18.0. The van der Waals surface area contributed by atoms with Crippen molar-refractivity contribution in [2.45, 2.75) is 31.6 Å². The van der Waals surface area contributed by atoms with Crippen LogP contribution in [0.3, 0.4) is 0 Å². The molecule has 2 aromatic rings. The zero-order valence-electron chi connectivity index (χ0n) is 14.4. The molecule has 0 atom stereocenters. The fourth-order valence-electron chi connectivity index (χ4n) is 2.69. The standard InChI is InChI=1S/C19H22N2O3S/c1-13-8-14(2)10-17(9-13)21-19(22)16-4-3-5-18(11-16)25(23,24)20-12-15-6-7-15/h3-5,8-11,15,20H,6-7,12H2,1-2H3,(H,21,22). The molecule has 5 nitrogen and oxygen atoms in total. The molecule has 0 radical (unpaired) electrons. The van der Waals surface area contributed by atoms with Crippen molar-refractivity contribution in [3.8, 4) is 0 Å². The molecule has 132 valence electrons. The minimum Gasteiger partial charge on any atom is -0.322 e. The van der Waals surface area contributed by atoms with Crippen LogP contribution in [0.5, 0.6) is 0 Å². The smallest absolute Gasteiger partial charge is 0.255 e. The molecule has 0 heterocycles. The van der Waals surface area contributed by atoms with E-state index in [1.807, 2.05) is 32.0 Å². The molecule has 1 aliphatic carbocycles. The highest BCUT2D eigenvalue weighted by atomic mass is 32.2. The largest absolute Gasteiger partial charge is 0.322 e. The minimum atomic E-state index is -3.59. The second-order valence-corrected chi connectivity index (χ2v) is 8.42. The molecule has 0 aliphatic heterocycles.